The van der Waals surface area contributed by atoms with E-state index in [1.54, 1.807) is 14.2 Å². The second kappa shape index (κ2) is 11.1. The lowest BCUT2D eigenvalue weighted by Gasteiger charge is -2.40. The lowest BCUT2D eigenvalue weighted by atomic mass is 9.86. The molecule has 0 radical (unpaired) electrons. The zero-order valence-electron chi connectivity index (χ0n) is 19.4. The highest BCUT2D eigenvalue weighted by atomic mass is 127. The van der Waals surface area contributed by atoms with Gasteiger partial charge in [0, 0.05) is 32.5 Å². The van der Waals surface area contributed by atoms with Crippen molar-refractivity contribution in [1.82, 2.24) is 10.6 Å². The Labute approximate surface area is 212 Å². The summed E-state index contributed by atoms with van der Waals surface area (Å²) in [5.41, 5.74) is 2.76. The topological polar surface area (TPSA) is 84.0 Å². The van der Waals surface area contributed by atoms with Crippen molar-refractivity contribution >= 4 is 41.5 Å². The molecule has 1 heterocycles. The Morgan fingerprint density at radius 2 is 1.97 bits per heavy atom. The van der Waals surface area contributed by atoms with Crippen LogP contribution in [0.3, 0.4) is 0 Å². The van der Waals surface area contributed by atoms with Crippen molar-refractivity contribution in [3.05, 3.63) is 53.6 Å². The Kier molecular flexibility index (Phi) is 8.45. The standard InChI is InChI=1S/C25H32N4O3.HI/c1-17(30)28-20-14-18(10-11-23(20)31-3)16-27-24(26-2)29-21-15-25(12-6-7-13-25)32-22-9-5-4-8-19(21)22;/h4-5,8-11,14,21H,6-7,12-13,15-16H2,1-3H3,(H,28,30)(H2,26,27,29);1H. The van der Waals surface area contributed by atoms with Crippen LogP contribution in [0.15, 0.2) is 47.5 Å². The van der Waals surface area contributed by atoms with Crippen molar-refractivity contribution in [2.24, 2.45) is 4.99 Å². The molecule has 1 aliphatic heterocycles. The van der Waals surface area contributed by atoms with E-state index in [1.807, 2.05) is 24.3 Å². The highest BCUT2D eigenvalue weighted by Gasteiger charge is 2.43. The molecule has 1 spiro atoms. The van der Waals surface area contributed by atoms with Crippen LogP contribution in [0, 0.1) is 0 Å². The van der Waals surface area contributed by atoms with Gasteiger partial charge in [0.1, 0.15) is 17.1 Å². The van der Waals surface area contributed by atoms with Crippen LogP contribution in [-0.2, 0) is 11.3 Å². The van der Waals surface area contributed by atoms with Crippen LogP contribution in [0.1, 0.15) is 56.2 Å². The van der Waals surface area contributed by atoms with Crippen molar-refractivity contribution in [3.8, 4) is 11.5 Å². The van der Waals surface area contributed by atoms with Gasteiger partial charge in [0.2, 0.25) is 5.91 Å². The average molecular weight is 564 g/mol. The maximum absolute atomic E-state index is 11.5. The summed E-state index contributed by atoms with van der Waals surface area (Å²) in [7, 11) is 3.37. The molecule has 0 bridgehead atoms. The number of nitrogens with zero attached hydrogens (tertiary/aromatic N) is 1. The summed E-state index contributed by atoms with van der Waals surface area (Å²) in [6, 6.07) is 14.2. The number of guanidine groups is 1. The highest BCUT2D eigenvalue weighted by Crippen LogP contribution is 2.46. The van der Waals surface area contributed by atoms with Crippen LogP contribution in [-0.4, -0.2) is 31.6 Å². The number of carbonyl (C=O) groups is 1. The molecule has 1 fully saturated rings. The van der Waals surface area contributed by atoms with Gasteiger partial charge in [-0.1, -0.05) is 24.3 Å². The first-order chi connectivity index (χ1) is 15.5. The van der Waals surface area contributed by atoms with Gasteiger partial charge in [-0.2, -0.15) is 0 Å². The number of halogens is 1. The Balaban J connectivity index is 0.00000306. The number of rotatable bonds is 5. The first kappa shape index (κ1) is 25.1. The van der Waals surface area contributed by atoms with Gasteiger partial charge >= 0.3 is 0 Å². The van der Waals surface area contributed by atoms with Crippen molar-refractivity contribution in [1.29, 1.82) is 0 Å². The monoisotopic (exact) mass is 564 g/mol. The van der Waals surface area contributed by atoms with E-state index in [2.05, 4.69) is 39.1 Å². The zero-order chi connectivity index (χ0) is 22.6. The molecule has 2 aromatic rings. The molecule has 1 unspecified atom stereocenters. The minimum Gasteiger partial charge on any atom is -0.495 e. The molecule has 2 aliphatic rings. The van der Waals surface area contributed by atoms with E-state index in [-0.39, 0.29) is 41.5 Å². The number of aliphatic imine (C=N–C) groups is 1. The summed E-state index contributed by atoms with van der Waals surface area (Å²) >= 11 is 0. The van der Waals surface area contributed by atoms with Crippen LogP contribution in [0.4, 0.5) is 5.69 Å². The summed E-state index contributed by atoms with van der Waals surface area (Å²) in [5.74, 6) is 2.21. The van der Waals surface area contributed by atoms with E-state index in [0.717, 1.165) is 36.5 Å². The molecule has 3 N–H and O–H groups in total. The molecule has 33 heavy (non-hydrogen) atoms. The first-order valence-electron chi connectivity index (χ1n) is 11.2. The van der Waals surface area contributed by atoms with E-state index in [0.29, 0.717) is 18.0 Å². The normalized spacial score (nSPS) is 18.5. The third-order valence-corrected chi connectivity index (χ3v) is 6.28. The summed E-state index contributed by atoms with van der Waals surface area (Å²) in [6.45, 7) is 2.05. The Hall–Kier alpha value is -2.49. The maximum Gasteiger partial charge on any atom is 0.221 e. The van der Waals surface area contributed by atoms with Crippen LogP contribution < -0.4 is 25.4 Å². The van der Waals surface area contributed by atoms with Crippen molar-refractivity contribution in [2.75, 3.05) is 19.5 Å². The molecule has 1 atom stereocenters. The number of carbonyl (C=O) groups excluding carboxylic acids is 1. The lowest BCUT2D eigenvalue weighted by molar-refractivity contribution is -0.114. The Morgan fingerprint density at radius 3 is 2.67 bits per heavy atom. The van der Waals surface area contributed by atoms with Crippen LogP contribution in [0.2, 0.25) is 0 Å². The van der Waals surface area contributed by atoms with Gasteiger partial charge in [-0.3, -0.25) is 9.79 Å². The third kappa shape index (κ3) is 5.90. The lowest BCUT2D eigenvalue weighted by Crippen LogP contribution is -2.46. The Morgan fingerprint density at radius 1 is 1.21 bits per heavy atom. The minimum atomic E-state index is -0.134. The molecule has 0 aromatic heterocycles. The van der Waals surface area contributed by atoms with Crippen molar-refractivity contribution < 1.29 is 14.3 Å². The summed E-state index contributed by atoms with van der Waals surface area (Å²) in [5, 5.41) is 9.84. The first-order valence-corrected chi connectivity index (χ1v) is 11.2. The van der Waals surface area contributed by atoms with Gasteiger partial charge in [-0.15, -0.1) is 24.0 Å². The molecule has 7 nitrogen and oxygen atoms in total. The predicted molar refractivity (Wildman–Crippen MR) is 142 cm³/mol. The van der Waals surface area contributed by atoms with Crippen LogP contribution >= 0.6 is 24.0 Å². The summed E-state index contributed by atoms with van der Waals surface area (Å²) < 4.78 is 11.8. The number of benzene rings is 2. The number of fused-ring (bicyclic) bond motifs is 1. The molecule has 1 amide bonds. The smallest absolute Gasteiger partial charge is 0.221 e. The van der Waals surface area contributed by atoms with Gasteiger partial charge in [0.25, 0.3) is 0 Å². The second-order valence-electron chi connectivity index (χ2n) is 8.57. The number of hydrogen-bond acceptors (Lipinski definition) is 4. The highest BCUT2D eigenvalue weighted by molar-refractivity contribution is 14.0. The molecule has 2 aromatic carbocycles. The number of nitrogens with one attached hydrogen (secondary N) is 3. The maximum atomic E-state index is 11.5. The Bertz CT molecular complexity index is 1000. The molecule has 1 aliphatic carbocycles. The number of anilines is 1. The van der Waals surface area contributed by atoms with Gasteiger partial charge in [0.05, 0.1) is 18.8 Å². The van der Waals surface area contributed by atoms with Gasteiger partial charge in [-0.25, -0.2) is 0 Å². The fraction of sp³-hybridized carbons (Fsp3) is 0.440. The number of ether oxygens (including phenoxy) is 2. The van der Waals surface area contributed by atoms with Crippen LogP contribution in [0.25, 0.3) is 0 Å². The van der Waals surface area contributed by atoms with Crippen molar-refractivity contribution in [2.45, 2.75) is 57.2 Å². The fourth-order valence-electron chi connectivity index (χ4n) is 4.77. The SMILES string of the molecule is CN=C(NCc1ccc(OC)c(NC(C)=O)c1)NC1CC2(CCCC2)Oc2ccccc21.I. The fourth-order valence-corrected chi connectivity index (χ4v) is 4.77. The number of para-hydroxylation sites is 1. The third-order valence-electron chi connectivity index (χ3n) is 6.28. The molecule has 8 heteroatoms. The quantitative estimate of drug-likeness (QED) is 0.277. The number of hydrogen-bond donors (Lipinski definition) is 3. The zero-order valence-corrected chi connectivity index (χ0v) is 21.8. The molecular weight excluding hydrogens is 531 g/mol. The van der Waals surface area contributed by atoms with E-state index in [1.165, 1.54) is 25.3 Å². The second-order valence-corrected chi connectivity index (χ2v) is 8.57. The van der Waals surface area contributed by atoms with Gasteiger partial charge in [0.15, 0.2) is 5.96 Å². The van der Waals surface area contributed by atoms with E-state index in [9.17, 15) is 4.79 Å². The molecule has 1 saturated carbocycles. The largest absolute Gasteiger partial charge is 0.495 e. The van der Waals surface area contributed by atoms with Gasteiger partial charge < -0.3 is 25.4 Å². The van der Waals surface area contributed by atoms with E-state index >= 15 is 0 Å². The van der Waals surface area contributed by atoms with Crippen LogP contribution in [0.5, 0.6) is 11.5 Å². The van der Waals surface area contributed by atoms with E-state index < -0.39 is 0 Å². The minimum absolute atomic E-state index is 0. The van der Waals surface area contributed by atoms with Crippen molar-refractivity contribution in [3.63, 3.8) is 0 Å². The number of methoxy groups -OCH3 is 1. The average Bonchev–Trinajstić information content (AvgIpc) is 3.23. The molecule has 178 valence electrons. The summed E-state index contributed by atoms with van der Waals surface area (Å²) in [6.07, 6.45) is 5.57. The summed E-state index contributed by atoms with van der Waals surface area (Å²) in [4.78, 5) is 16.0. The molecule has 0 saturated heterocycles. The number of amides is 1. The van der Waals surface area contributed by atoms with E-state index in [4.69, 9.17) is 9.47 Å². The molecular formula is C25H33IN4O3. The molecule has 4 rings (SSSR count). The van der Waals surface area contributed by atoms with Gasteiger partial charge in [-0.05, 0) is 49.4 Å². The predicted octanol–water partition coefficient (Wildman–Crippen LogP) is 4.77.